The van der Waals surface area contributed by atoms with Crippen LogP contribution in [-0.4, -0.2) is 9.97 Å². The predicted molar refractivity (Wildman–Crippen MR) is 74.9 cm³/mol. The van der Waals surface area contributed by atoms with Gasteiger partial charge in [0.25, 0.3) is 0 Å². The van der Waals surface area contributed by atoms with Crippen molar-refractivity contribution in [2.45, 2.75) is 47.5 Å². The molecule has 0 aliphatic rings. The van der Waals surface area contributed by atoms with E-state index in [1.54, 1.807) is 0 Å². The zero-order valence-corrected chi connectivity index (χ0v) is 11.2. The fourth-order valence-electron chi connectivity index (χ4n) is 1.08. The Balaban J connectivity index is 0. The van der Waals surface area contributed by atoms with Gasteiger partial charge < -0.3 is 4.98 Å². The second kappa shape index (κ2) is 8.96. The van der Waals surface area contributed by atoms with Crippen molar-refractivity contribution in [3.05, 3.63) is 30.1 Å². The van der Waals surface area contributed by atoms with Gasteiger partial charge in [0.2, 0.25) is 0 Å². The summed E-state index contributed by atoms with van der Waals surface area (Å²) >= 11 is 0. The molecule has 0 saturated heterocycles. The van der Waals surface area contributed by atoms with Crippen LogP contribution in [0, 0.1) is 6.92 Å². The summed E-state index contributed by atoms with van der Waals surface area (Å²) in [5.41, 5.74) is 2.15. The zero-order chi connectivity index (χ0) is 12.4. The van der Waals surface area contributed by atoms with Gasteiger partial charge >= 0.3 is 0 Å². The van der Waals surface area contributed by atoms with Crippen molar-refractivity contribution >= 4 is 11.0 Å². The highest BCUT2D eigenvalue weighted by Gasteiger charge is 1.93. The number of nitrogens with one attached hydrogen (secondary N) is 1. The van der Waals surface area contributed by atoms with Crippen LogP contribution in [0.15, 0.2) is 24.3 Å². The molecule has 0 spiro atoms. The predicted octanol–water partition coefficient (Wildman–Crippen LogP) is 4.95. The summed E-state index contributed by atoms with van der Waals surface area (Å²) in [4.78, 5) is 7.40. The number of para-hydroxylation sites is 2. The Hall–Kier alpha value is -1.31. The Morgan fingerprint density at radius 3 is 2.19 bits per heavy atom. The van der Waals surface area contributed by atoms with Crippen molar-refractivity contribution in [2.24, 2.45) is 0 Å². The number of H-pyrrole nitrogens is 1. The molecule has 0 radical (unpaired) electrons. The molecule has 92 valence electrons. The van der Waals surface area contributed by atoms with Crippen LogP contribution in [0.5, 0.6) is 0 Å². The van der Waals surface area contributed by atoms with Gasteiger partial charge in [-0.25, -0.2) is 4.98 Å². The maximum Gasteiger partial charge on any atom is 0.104 e. The van der Waals surface area contributed by atoms with E-state index in [4.69, 9.17) is 0 Å². The fourth-order valence-corrected chi connectivity index (χ4v) is 1.08. The lowest BCUT2D eigenvalue weighted by molar-refractivity contribution is 0.886. The Kier molecular flexibility index (Phi) is 8.22. The molecule has 0 saturated carbocycles. The number of hydrogen-bond acceptors (Lipinski definition) is 1. The minimum Gasteiger partial charge on any atom is -0.342 e. The number of unbranched alkanes of at least 4 members (excludes halogenated alkanes) is 1. The molecule has 0 bridgehead atoms. The molecule has 0 amide bonds. The van der Waals surface area contributed by atoms with Crippen molar-refractivity contribution in [1.29, 1.82) is 0 Å². The van der Waals surface area contributed by atoms with Gasteiger partial charge in [-0.15, -0.1) is 0 Å². The normalized spacial score (nSPS) is 8.81. The van der Waals surface area contributed by atoms with Gasteiger partial charge in [0.1, 0.15) is 5.82 Å². The van der Waals surface area contributed by atoms with E-state index < -0.39 is 0 Å². The van der Waals surface area contributed by atoms with Crippen LogP contribution in [0.2, 0.25) is 0 Å². The summed E-state index contributed by atoms with van der Waals surface area (Å²) in [6.45, 7) is 10.3. The Labute approximate surface area is 101 Å². The second-order valence-electron chi connectivity index (χ2n) is 3.34. The first-order valence-corrected chi connectivity index (χ1v) is 6.19. The molecule has 1 N–H and O–H groups in total. The standard InChI is InChI=1S/C8H8N2.C4H10.C2H6.H2/c1-6-9-7-4-2-3-5-8(7)10-6;1-3-4-2;1-2;/h2-5H,1H3,(H,9,10);3-4H2,1-2H3;1-2H3;1H. The number of hydrogen-bond donors (Lipinski definition) is 1. The van der Waals surface area contributed by atoms with Gasteiger partial charge in [-0.05, 0) is 19.1 Å². The van der Waals surface area contributed by atoms with Crippen molar-refractivity contribution in [3.63, 3.8) is 0 Å². The topological polar surface area (TPSA) is 28.7 Å². The number of aromatic amines is 1. The number of rotatable bonds is 1. The molecule has 1 aromatic heterocycles. The monoisotopic (exact) mass is 222 g/mol. The van der Waals surface area contributed by atoms with E-state index >= 15 is 0 Å². The van der Waals surface area contributed by atoms with Crippen molar-refractivity contribution < 1.29 is 1.43 Å². The molecule has 0 fully saturated rings. The SMILES string of the molecule is CC.CCCC.Cc1nc2ccccc2[nH]1.[HH]. The lowest BCUT2D eigenvalue weighted by Gasteiger charge is -1.81. The van der Waals surface area contributed by atoms with Gasteiger partial charge in [-0.3, -0.25) is 0 Å². The average Bonchev–Trinajstić information content (AvgIpc) is 2.72. The van der Waals surface area contributed by atoms with Crippen LogP contribution in [0.1, 0.15) is 47.8 Å². The zero-order valence-electron chi connectivity index (χ0n) is 11.2. The van der Waals surface area contributed by atoms with Crippen LogP contribution < -0.4 is 0 Å². The average molecular weight is 222 g/mol. The summed E-state index contributed by atoms with van der Waals surface area (Å²) in [6.07, 6.45) is 2.64. The van der Waals surface area contributed by atoms with Gasteiger partial charge in [-0.1, -0.05) is 52.7 Å². The van der Waals surface area contributed by atoms with E-state index in [-0.39, 0.29) is 1.43 Å². The largest absolute Gasteiger partial charge is 0.342 e. The van der Waals surface area contributed by atoms with Gasteiger partial charge in [0.05, 0.1) is 11.0 Å². The Morgan fingerprint density at radius 2 is 1.69 bits per heavy atom. The van der Waals surface area contributed by atoms with Crippen LogP contribution in [-0.2, 0) is 0 Å². The Morgan fingerprint density at radius 1 is 1.12 bits per heavy atom. The van der Waals surface area contributed by atoms with E-state index in [9.17, 15) is 0 Å². The van der Waals surface area contributed by atoms with Crippen molar-refractivity contribution in [3.8, 4) is 0 Å². The third-order valence-electron chi connectivity index (χ3n) is 2.01. The first-order valence-electron chi connectivity index (χ1n) is 6.19. The van der Waals surface area contributed by atoms with E-state index in [0.717, 1.165) is 16.9 Å². The molecular weight excluding hydrogens is 196 g/mol. The maximum atomic E-state index is 4.26. The first kappa shape index (κ1) is 14.7. The number of aromatic nitrogens is 2. The molecule has 16 heavy (non-hydrogen) atoms. The summed E-state index contributed by atoms with van der Waals surface area (Å²) in [6, 6.07) is 8.01. The Bertz CT molecular complexity index is 347. The smallest absolute Gasteiger partial charge is 0.104 e. The third kappa shape index (κ3) is 4.96. The highest BCUT2D eigenvalue weighted by atomic mass is 14.9. The minimum absolute atomic E-state index is 0. The van der Waals surface area contributed by atoms with Crippen LogP contribution in [0.25, 0.3) is 11.0 Å². The summed E-state index contributed by atoms with van der Waals surface area (Å²) in [7, 11) is 0. The van der Waals surface area contributed by atoms with E-state index in [0.29, 0.717) is 0 Å². The summed E-state index contributed by atoms with van der Waals surface area (Å²) in [5.74, 6) is 0.973. The van der Waals surface area contributed by atoms with Crippen LogP contribution >= 0.6 is 0 Å². The third-order valence-corrected chi connectivity index (χ3v) is 2.01. The molecule has 0 aliphatic carbocycles. The van der Waals surface area contributed by atoms with E-state index in [2.05, 4.69) is 23.8 Å². The summed E-state index contributed by atoms with van der Waals surface area (Å²) < 4.78 is 0. The molecule has 0 atom stereocenters. The first-order chi connectivity index (χ1) is 7.77. The highest BCUT2D eigenvalue weighted by Crippen LogP contribution is 2.08. The number of imidazole rings is 1. The van der Waals surface area contributed by atoms with Crippen molar-refractivity contribution in [2.75, 3.05) is 0 Å². The number of aryl methyl sites for hydroxylation is 1. The van der Waals surface area contributed by atoms with Crippen LogP contribution in [0.3, 0.4) is 0 Å². The number of nitrogens with zero attached hydrogens (tertiary/aromatic N) is 1. The number of fused-ring (bicyclic) bond motifs is 1. The van der Waals surface area contributed by atoms with E-state index in [1.807, 2.05) is 45.0 Å². The molecule has 0 unspecified atom stereocenters. The molecule has 2 aromatic rings. The second-order valence-corrected chi connectivity index (χ2v) is 3.34. The molecule has 1 aromatic carbocycles. The molecule has 2 rings (SSSR count). The highest BCUT2D eigenvalue weighted by molar-refractivity contribution is 5.74. The van der Waals surface area contributed by atoms with Gasteiger partial charge in [-0.2, -0.15) is 0 Å². The number of benzene rings is 1. The molecule has 2 heteroatoms. The van der Waals surface area contributed by atoms with Crippen molar-refractivity contribution in [1.82, 2.24) is 9.97 Å². The van der Waals surface area contributed by atoms with Crippen LogP contribution in [0.4, 0.5) is 0 Å². The van der Waals surface area contributed by atoms with Gasteiger partial charge in [0, 0.05) is 1.43 Å². The summed E-state index contributed by atoms with van der Waals surface area (Å²) in [5, 5.41) is 0. The fraction of sp³-hybridized carbons (Fsp3) is 0.500. The lowest BCUT2D eigenvalue weighted by Crippen LogP contribution is -1.68. The molecule has 1 heterocycles. The lowest BCUT2D eigenvalue weighted by atomic mass is 10.3. The molecule has 0 aliphatic heterocycles. The molecule has 2 nitrogen and oxygen atoms in total. The van der Waals surface area contributed by atoms with Gasteiger partial charge in [0.15, 0.2) is 0 Å². The minimum atomic E-state index is 0. The molecular formula is C14H26N2. The van der Waals surface area contributed by atoms with E-state index in [1.165, 1.54) is 12.8 Å². The quantitative estimate of drug-likeness (QED) is 0.726. The maximum absolute atomic E-state index is 4.26.